The minimum absolute atomic E-state index is 0.243. The molecule has 27 heavy (non-hydrogen) atoms. The van der Waals surface area contributed by atoms with Crippen molar-refractivity contribution >= 4 is 17.9 Å². The molecule has 0 radical (unpaired) electrons. The molecule has 2 N–H and O–H groups in total. The number of carbonyl (C=O) groups is 1. The van der Waals surface area contributed by atoms with Crippen LogP contribution in [0.25, 0.3) is 0 Å². The Morgan fingerprint density at radius 2 is 2.00 bits per heavy atom. The van der Waals surface area contributed by atoms with Crippen LogP contribution < -0.4 is 10.2 Å². The van der Waals surface area contributed by atoms with Crippen LogP contribution in [0.2, 0.25) is 0 Å². The number of carboxylic acid groups (broad SMARTS) is 1. The fourth-order valence-corrected chi connectivity index (χ4v) is 2.87. The minimum atomic E-state index is -0.948. The molecule has 1 heterocycles. The van der Waals surface area contributed by atoms with E-state index in [1.165, 1.54) is 12.1 Å². The highest BCUT2D eigenvalue weighted by atomic mass is 16.5. The fraction of sp³-hybridized carbons (Fsp3) is 0.300. The molecule has 1 aliphatic heterocycles. The van der Waals surface area contributed by atoms with Gasteiger partial charge in [-0.05, 0) is 48.0 Å². The van der Waals surface area contributed by atoms with E-state index in [2.05, 4.69) is 21.5 Å². The molecule has 0 aromatic heterocycles. The van der Waals surface area contributed by atoms with E-state index in [0.717, 1.165) is 55.4 Å². The number of hydrazone groups is 1. The Bertz CT molecular complexity index is 799. The van der Waals surface area contributed by atoms with E-state index in [0.29, 0.717) is 0 Å². The number of morpholine rings is 1. The summed E-state index contributed by atoms with van der Waals surface area (Å²) in [6.07, 6.45) is 1.73. The summed E-state index contributed by atoms with van der Waals surface area (Å²) in [5, 5.41) is 13.1. The third kappa shape index (κ3) is 5.29. The Balaban J connectivity index is 1.65. The molecule has 142 valence electrons. The summed E-state index contributed by atoms with van der Waals surface area (Å²) in [6.45, 7) is 4.14. The number of aromatic carboxylic acids is 1. The van der Waals surface area contributed by atoms with E-state index in [9.17, 15) is 4.79 Å². The van der Waals surface area contributed by atoms with Crippen LogP contribution in [0.1, 0.15) is 21.5 Å². The van der Waals surface area contributed by atoms with Gasteiger partial charge in [0.1, 0.15) is 5.75 Å². The van der Waals surface area contributed by atoms with Crippen molar-refractivity contribution in [2.45, 2.75) is 6.54 Å². The zero-order valence-corrected chi connectivity index (χ0v) is 15.2. The smallest absolute Gasteiger partial charge is 0.335 e. The molecular weight excluding hydrogens is 346 g/mol. The summed E-state index contributed by atoms with van der Waals surface area (Å²) < 4.78 is 10.9. The SMILES string of the molecule is COc1ccc(C=NNc2ccc(C(=O)O)cc2)cc1CN1CCOCC1. The number of benzene rings is 2. The lowest BCUT2D eigenvalue weighted by atomic mass is 10.1. The monoisotopic (exact) mass is 369 g/mol. The first-order valence-corrected chi connectivity index (χ1v) is 8.75. The molecule has 0 spiro atoms. The van der Waals surface area contributed by atoms with Crippen molar-refractivity contribution in [1.29, 1.82) is 0 Å². The molecule has 7 nitrogen and oxygen atoms in total. The molecule has 3 rings (SSSR count). The van der Waals surface area contributed by atoms with Gasteiger partial charge >= 0.3 is 5.97 Å². The molecule has 1 saturated heterocycles. The summed E-state index contributed by atoms with van der Waals surface area (Å²) in [5.41, 5.74) is 5.93. The molecule has 0 aliphatic carbocycles. The number of hydrogen-bond acceptors (Lipinski definition) is 6. The van der Waals surface area contributed by atoms with Crippen molar-refractivity contribution in [3.63, 3.8) is 0 Å². The van der Waals surface area contributed by atoms with Crippen LogP contribution in [0.4, 0.5) is 5.69 Å². The predicted octanol–water partition coefficient (Wildman–Crippen LogP) is 2.67. The van der Waals surface area contributed by atoms with Crippen LogP contribution in [-0.4, -0.2) is 55.6 Å². The quantitative estimate of drug-likeness (QED) is 0.577. The third-order valence-corrected chi connectivity index (χ3v) is 4.34. The van der Waals surface area contributed by atoms with Crippen molar-refractivity contribution in [1.82, 2.24) is 4.90 Å². The number of ether oxygens (including phenoxy) is 2. The van der Waals surface area contributed by atoms with E-state index < -0.39 is 5.97 Å². The Labute approximate surface area is 158 Å². The normalized spacial score (nSPS) is 15.0. The number of rotatable bonds is 7. The van der Waals surface area contributed by atoms with Gasteiger partial charge in [0.25, 0.3) is 0 Å². The summed E-state index contributed by atoms with van der Waals surface area (Å²) in [6, 6.07) is 12.4. The van der Waals surface area contributed by atoms with Gasteiger partial charge < -0.3 is 14.6 Å². The van der Waals surface area contributed by atoms with Crippen molar-refractivity contribution in [3.8, 4) is 5.75 Å². The van der Waals surface area contributed by atoms with Crippen LogP contribution in [0, 0.1) is 0 Å². The molecule has 2 aromatic rings. The van der Waals surface area contributed by atoms with Crippen molar-refractivity contribution in [3.05, 3.63) is 59.2 Å². The molecule has 0 bridgehead atoms. The molecule has 1 fully saturated rings. The second-order valence-corrected chi connectivity index (χ2v) is 6.21. The first kappa shape index (κ1) is 18.9. The zero-order valence-electron chi connectivity index (χ0n) is 15.2. The largest absolute Gasteiger partial charge is 0.496 e. The van der Waals surface area contributed by atoms with Crippen LogP contribution >= 0.6 is 0 Å². The summed E-state index contributed by atoms with van der Waals surface area (Å²) in [5.74, 6) is -0.0908. The van der Waals surface area contributed by atoms with Crippen molar-refractivity contribution < 1.29 is 19.4 Å². The average molecular weight is 369 g/mol. The van der Waals surface area contributed by atoms with Gasteiger partial charge in [-0.25, -0.2) is 4.79 Å². The van der Waals surface area contributed by atoms with E-state index in [-0.39, 0.29) is 5.56 Å². The summed E-state index contributed by atoms with van der Waals surface area (Å²) >= 11 is 0. The maximum absolute atomic E-state index is 10.9. The first-order chi connectivity index (χ1) is 13.2. The number of nitrogens with one attached hydrogen (secondary N) is 1. The standard InChI is InChI=1S/C20H23N3O4/c1-26-19-7-2-15(12-17(19)14-23-8-10-27-11-9-23)13-21-22-18-5-3-16(4-6-18)20(24)25/h2-7,12-13,22H,8-11,14H2,1H3,(H,24,25). The lowest BCUT2D eigenvalue weighted by Gasteiger charge is -2.27. The van der Waals surface area contributed by atoms with Gasteiger partial charge in [0.15, 0.2) is 0 Å². The predicted molar refractivity (Wildman–Crippen MR) is 104 cm³/mol. The number of carboxylic acids is 1. The Morgan fingerprint density at radius 1 is 1.26 bits per heavy atom. The number of methoxy groups -OCH3 is 1. The van der Waals surface area contributed by atoms with Gasteiger partial charge in [0.05, 0.1) is 37.8 Å². The Hall–Kier alpha value is -2.90. The fourth-order valence-electron chi connectivity index (χ4n) is 2.87. The average Bonchev–Trinajstić information content (AvgIpc) is 2.69. The molecule has 0 unspecified atom stereocenters. The van der Waals surface area contributed by atoms with Gasteiger partial charge in [-0.3, -0.25) is 10.3 Å². The third-order valence-electron chi connectivity index (χ3n) is 4.34. The molecule has 2 aromatic carbocycles. The maximum atomic E-state index is 10.9. The first-order valence-electron chi connectivity index (χ1n) is 8.75. The Morgan fingerprint density at radius 3 is 2.67 bits per heavy atom. The topological polar surface area (TPSA) is 83.4 Å². The lowest BCUT2D eigenvalue weighted by molar-refractivity contribution is 0.0339. The second-order valence-electron chi connectivity index (χ2n) is 6.21. The zero-order chi connectivity index (χ0) is 19.1. The molecule has 0 saturated carbocycles. The highest BCUT2D eigenvalue weighted by molar-refractivity contribution is 5.88. The Kier molecular flexibility index (Phi) is 6.40. The minimum Gasteiger partial charge on any atom is -0.496 e. The van der Waals surface area contributed by atoms with Crippen LogP contribution in [0.3, 0.4) is 0 Å². The van der Waals surface area contributed by atoms with Gasteiger partial charge in [-0.1, -0.05) is 0 Å². The van der Waals surface area contributed by atoms with E-state index in [1.54, 1.807) is 25.5 Å². The molecule has 1 aliphatic rings. The van der Waals surface area contributed by atoms with E-state index in [1.807, 2.05) is 12.1 Å². The van der Waals surface area contributed by atoms with Crippen molar-refractivity contribution in [2.24, 2.45) is 5.10 Å². The van der Waals surface area contributed by atoms with Crippen LogP contribution in [0.5, 0.6) is 5.75 Å². The van der Waals surface area contributed by atoms with Crippen LogP contribution in [0.15, 0.2) is 47.6 Å². The number of nitrogens with zero attached hydrogens (tertiary/aromatic N) is 2. The molecule has 0 atom stereocenters. The second kappa shape index (κ2) is 9.16. The van der Waals surface area contributed by atoms with E-state index >= 15 is 0 Å². The lowest BCUT2D eigenvalue weighted by Crippen LogP contribution is -2.35. The molecular formula is C20H23N3O4. The van der Waals surface area contributed by atoms with Gasteiger partial charge in [-0.15, -0.1) is 0 Å². The summed E-state index contributed by atoms with van der Waals surface area (Å²) in [7, 11) is 1.67. The van der Waals surface area contributed by atoms with E-state index in [4.69, 9.17) is 14.6 Å². The van der Waals surface area contributed by atoms with Crippen LogP contribution in [-0.2, 0) is 11.3 Å². The van der Waals surface area contributed by atoms with Gasteiger partial charge in [0.2, 0.25) is 0 Å². The highest BCUT2D eigenvalue weighted by Crippen LogP contribution is 2.21. The maximum Gasteiger partial charge on any atom is 0.335 e. The molecule has 0 amide bonds. The highest BCUT2D eigenvalue weighted by Gasteiger charge is 2.13. The van der Waals surface area contributed by atoms with Crippen molar-refractivity contribution in [2.75, 3.05) is 38.8 Å². The van der Waals surface area contributed by atoms with Gasteiger partial charge in [-0.2, -0.15) is 5.10 Å². The molecule has 7 heteroatoms. The van der Waals surface area contributed by atoms with Gasteiger partial charge in [0, 0.05) is 25.2 Å². The number of hydrogen-bond donors (Lipinski definition) is 2. The number of anilines is 1. The summed E-state index contributed by atoms with van der Waals surface area (Å²) in [4.78, 5) is 13.2.